The molecule has 1 aromatic heterocycles. The maximum atomic E-state index is 13.1. The van der Waals surface area contributed by atoms with Gasteiger partial charge in [-0.25, -0.2) is 0 Å². The molecule has 1 aromatic carbocycles. The van der Waals surface area contributed by atoms with Gasteiger partial charge in [0.2, 0.25) is 0 Å². The van der Waals surface area contributed by atoms with E-state index in [4.69, 9.17) is 4.74 Å². The monoisotopic (exact) mass is 411 g/mol. The third-order valence-electron chi connectivity index (χ3n) is 7.01. The fourth-order valence-corrected chi connectivity index (χ4v) is 5.04. The van der Waals surface area contributed by atoms with Crippen molar-refractivity contribution >= 4 is 16.8 Å². The van der Waals surface area contributed by atoms with Crippen molar-refractivity contribution in [3.8, 4) is 5.75 Å². The molecule has 2 aliphatic heterocycles. The Morgan fingerprint density at radius 3 is 2.57 bits per heavy atom. The summed E-state index contributed by atoms with van der Waals surface area (Å²) in [6, 6.07) is 8.60. The summed E-state index contributed by atoms with van der Waals surface area (Å²) in [6.07, 6.45) is 4.77. The first-order chi connectivity index (χ1) is 14.5. The lowest BCUT2D eigenvalue weighted by Crippen LogP contribution is -2.44. The quantitative estimate of drug-likeness (QED) is 0.793. The number of benzene rings is 1. The fraction of sp³-hybridized carbons (Fsp3) is 0.625. The molecule has 1 atom stereocenters. The molecule has 5 rings (SSSR count). The van der Waals surface area contributed by atoms with Crippen LogP contribution in [0.2, 0.25) is 0 Å². The van der Waals surface area contributed by atoms with Gasteiger partial charge in [-0.05, 0) is 69.7 Å². The number of amides is 1. The maximum Gasteiger partial charge on any atom is 0.270 e. The second-order valence-electron chi connectivity index (χ2n) is 9.56. The van der Waals surface area contributed by atoms with Gasteiger partial charge in [-0.3, -0.25) is 4.79 Å². The second kappa shape index (κ2) is 7.89. The smallest absolute Gasteiger partial charge is 0.270 e. The molecule has 1 N–H and O–H groups in total. The highest BCUT2D eigenvalue weighted by Gasteiger charge is 2.35. The SMILES string of the molecule is CC(C)N1CCC(Oc2ccc3c(c2)cc2n3C(CO)CN(CC3CC3)C2=O)CC1. The molecule has 6 nitrogen and oxygen atoms in total. The van der Waals surface area contributed by atoms with Gasteiger partial charge in [-0.1, -0.05) is 0 Å². The summed E-state index contributed by atoms with van der Waals surface area (Å²) < 4.78 is 8.34. The molecule has 0 bridgehead atoms. The standard InChI is InChI=1S/C24H33N3O3/c1-16(2)25-9-7-20(8-10-25)30-21-5-6-22-18(11-21)12-23-24(29)26(13-17-3-4-17)14-19(15-28)27(22)23/h5-6,11-12,16-17,19-20,28H,3-4,7-10,13-15H2,1-2H3. The van der Waals surface area contributed by atoms with E-state index in [2.05, 4.69) is 24.8 Å². The topological polar surface area (TPSA) is 57.9 Å². The van der Waals surface area contributed by atoms with Crippen LogP contribution in [0.4, 0.5) is 0 Å². The molecule has 0 spiro atoms. The number of piperidine rings is 1. The number of hydrogen-bond donors (Lipinski definition) is 1. The highest BCUT2D eigenvalue weighted by molar-refractivity contribution is 6.00. The van der Waals surface area contributed by atoms with Crippen LogP contribution in [0.5, 0.6) is 5.75 Å². The van der Waals surface area contributed by atoms with E-state index in [0.717, 1.165) is 49.1 Å². The predicted octanol–water partition coefficient (Wildman–Crippen LogP) is 3.29. The lowest BCUT2D eigenvalue weighted by Gasteiger charge is -2.34. The predicted molar refractivity (Wildman–Crippen MR) is 117 cm³/mol. The molecular weight excluding hydrogens is 378 g/mol. The van der Waals surface area contributed by atoms with E-state index in [1.165, 1.54) is 12.8 Å². The number of aliphatic hydroxyl groups is 1. The van der Waals surface area contributed by atoms with E-state index in [1.807, 2.05) is 27.7 Å². The number of carbonyl (C=O) groups is 1. The van der Waals surface area contributed by atoms with Crippen molar-refractivity contribution in [3.05, 3.63) is 30.0 Å². The van der Waals surface area contributed by atoms with Gasteiger partial charge >= 0.3 is 0 Å². The summed E-state index contributed by atoms with van der Waals surface area (Å²) >= 11 is 0. The lowest BCUT2D eigenvalue weighted by atomic mass is 10.1. The first-order valence-corrected chi connectivity index (χ1v) is 11.5. The molecule has 1 saturated heterocycles. The van der Waals surface area contributed by atoms with Gasteiger partial charge in [-0.15, -0.1) is 0 Å². The highest BCUT2D eigenvalue weighted by Crippen LogP contribution is 2.35. The van der Waals surface area contributed by atoms with Crippen molar-refractivity contribution in [2.24, 2.45) is 5.92 Å². The Morgan fingerprint density at radius 1 is 1.13 bits per heavy atom. The van der Waals surface area contributed by atoms with Crippen molar-refractivity contribution in [3.63, 3.8) is 0 Å². The molecule has 3 heterocycles. The van der Waals surface area contributed by atoms with Crippen molar-refractivity contribution < 1.29 is 14.6 Å². The summed E-state index contributed by atoms with van der Waals surface area (Å²) in [6.45, 7) is 8.10. The summed E-state index contributed by atoms with van der Waals surface area (Å²) in [5.41, 5.74) is 1.70. The van der Waals surface area contributed by atoms with Gasteiger partial charge in [0.05, 0.1) is 12.6 Å². The van der Waals surface area contributed by atoms with Crippen LogP contribution in [-0.2, 0) is 0 Å². The largest absolute Gasteiger partial charge is 0.490 e. The van der Waals surface area contributed by atoms with Crippen LogP contribution in [0.1, 0.15) is 56.1 Å². The number of likely N-dealkylation sites (tertiary alicyclic amines) is 1. The number of aromatic nitrogens is 1. The highest BCUT2D eigenvalue weighted by atomic mass is 16.5. The molecule has 1 aliphatic carbocycles. The van der Waals surface area contributed by atoms with Crippen LogP contribution in [0.3, 0.4) is 0 Å². The Hall–Kier alpha value is -2.05. The van der Waals surface area contributed by atoms with E-state index in [0.29, 0.717) is 24.2 Å². The molecule has 3 aliphatic rings. The fourth-order valence-electron chi connectivity index (χ4n) is 5.04. The van der Waals surface area contributed by atoms with Gasteiger partial charge in [0.15, 0.2) is 0 Å². The normalized spacial score (nSPS) is 23.4. The molecule has 1 saturated carbocycles. The van der Waals surface area contributed by atoms with Gasteiger partial charge in [0, 0.05) is 43.1 Å². The average molecular weight is 412 g/mol. The van der Waals surface area contributed by atoms with E-state index in [-0.39, 0.29) is 24.7 Å². The van der Waals surface area contributed by atoms with E-state index in [9.17, 15) is 9.90 Å². The van der Waals surface area contributed by atoms with E-state index >= 15 is 0 Å². The minimum absolute atomic E-state index is 0.0396. The third kappa shape index (κ3) is 3.71. The van der Waals surface area contributed by atoms with Gasteiger partial charge in [0.1, 0.15) is 17.5 Å². The van der Waals surface area contributed by atoms with Crippen LogP contribution in [0.15, 0.2) is 24.3 Å². The van der Waals surface area contributed by atoms with Gasteiger partial charge in [-0.2, -0.15) is 0 Å². The number of rotatable bonds is 6. The molecule has 1 amide bonds. The molecule has 2 aromatic rings. The molecule has 1 unspecified atom stereocenters. The Labute approximate surface area is 178 Å². The third-order valence-corrected chi connectivity index (χ3v) is 7.01. The zero-order chi connectivity index (χ0) is 20.8. The van der Waals surface area contributed by atoms with Crippen LogP contribution in [0.25, 0.3) is 10.9 Å². The second-order valence-corrected chi connectivity index (χ2v) is 9.56. The number of aliphatic hydroxyl groups excluding tert-OH is 1. The Balaban J connectivity index is 1.36. The van der Waals surface area contributed by atoms with Crippen molar-refractivity contribution in [2.75, 3.05) is 32.8 Å². The first-order valence-electron chi connectivity index (χ1n) is 11.5. The zero-order valence-corrected chi connectivity index (χ0v) is 18.1. The van der Waals surface area contributed by atoms with Crippen LogP contribution < -0.4 is 4.74 Å². The number of ether oxygens (including phenoxy) is 1. The minimum Gasteiger partial charge on any atom is -0.490 e. The minimum atomic E-state index is -0.0823. The number of fused-ring (bicyclic) bond motifs is 3. The maximum absolute atomic E-state index is 13.1. The summed E-state index contributed by atoms with van der Waals surface area (Å²) in [4.78, 5) is 17.5. The van der Waals surface area contributed by atoms with Crippen LogP contribution in [0, 0.1) is 5.92 Å². The van der Waals surface area contributed by atoms with Crippen LogP contribution in [-0.4, -0.2) is 70.3 Å². The zero-order valence-electron chi connectivity index (χ0n) is 18.1. The van der Waals surface area contributed by atoms with Crippen molar-refractivity contribution in [1.29, 1.82) is 0 Å². The first kappa shape index (κ1) is 19.9. The average Bonchev–Trinajstić information content (AvgIpc) is 3.48. The van der Waals surface area contributed by atoms with Gasteiger partial charge < -0.3 is 24.2 Å². The molecule has 6 heteroatoms. The number of hydrogen-bond acceptors (Lipinski definition) is 4. The molecule has 30 heavy (non-hydrogen) atoms. The Kier molecular flexibility index (Phi) is 5.23. The van der Waals surface area contributed by atoms with Crippen LogP contribution >= 0.6 is 0 Å². The van der Waals surface area contributed by atoms with Crippen molar-refractivity contribution in [2.45, 2.75) is 57.7 Å². The molecule has 162 valence electrons. The number of carbonyl (C=O) groups excluding carboxylic acids is 1. The van der Waals surface area contributed by atoms with Crippen molar-refractivity contribution in [1.82, 2.24) is 14.4 Å². The molecular formula is C24H33N3O3. The summed E-state index contributed by atoms with van der Waals surface area (Å²) in [5, 5.41) is 11.0. The summed E-state index contributed by atoms with van der Waals surface area (Å²) in [5.74, 6) is 1.61. The van der Waals surface area contributed by atoms with E-state index in [1.54, 1.807) is 0 Å². The van der Waals surface area contributed by atoms with Gasteiger partial charge in [0.25, 0.3) is 5.91 Å². The Morgan fingerprint density at radius 2 is 1.90 bits per heavy atom. The summed E-state index contributed by atoms with van der Waals surface area (Å²) in [7, 11) is 0. The lowest BCUT2D eigenvalue weighted by molar-refractivity contribution is 0.0621. The molecule has 2 fully saturated rings. The van der Waals surface area contributed by atoms with E-state index < -0.39 is 0 Å². The number of nitrogens with zero attached hydrogens (tertiary/aromatic N) is 3. The Bertz CT molecular complexity index is 925. The molecule has 0 radical (unpaired) electrons.